The van der Waals surface area contributed by atoms with Gasteiger partial charge in [0.2, 0.25) is 0 Å². The summed E-state index contributed by atoms with van der Waals surface area (Å²) >= 11 is 9.82. The molecule has 0 fully saturated rings. The van der Waals surface area contributed by atoms with Crippen LogP contribution < -0.4 is 0 Å². The number of hydrogen-bond acceptors (Lipinski definition) is 4. The van der Waals surface area contributed by atoms with Crippen LogP contribution in [0.5, 0.6) is 0 Å². The molecule has 0 rings (SSSR count). The molecule has 0 aromatic carbocycles. The minimum absolute atomic E-state index is 0.410. The highest BCUT2D eigenvalue weighted by Crippen LogP contribution is 2.01. The maximum Gasteiger partial charge on any atom is 0.403 e. The number of rotatable bonds is 6. The van der Waals surface area contributed by atoms with E-state index in [1.54, 1.807) is 0 Å². The summed E-state index contributed by atoms with van der Waals surface area (Å²) in [5.41, 5.74) is -1.43. The Morgan fingerprint density at radius 3 is 1.89 bits per heavy atom. The summed E-state index contributed by atoms with van der Waals surface area (Å²) in [5.74, 6) is 0.966. The molecule has 4 nitrogen and oxygen atoms in total. The van der Waals surface area contributed by atoms with Crippen LogP contribution in [0.15, 0.2) is 0 Å². The van der Waals surface area contributed by atoms with Crippen molar-refractivity contribution >= 4 is 34.1 Å². The molecule has 18 heavy (non-hydrogen) atoms. The van der Waals surface area contributed by atoms with Crippen LogP contribution in [0.4, 0.5) is 9.59 Å². The van der Waals surface area contributed by atoms with Crippen LogP contribution in [-0.2, 0) is 9.47 Å². The summed E-state index contributed by atoms with van der Waals surface area (Å²) in [4.78, 5) is 20.0. The molecule has 1 atom stereocenters. The second-order valence-corrected chi connectivity index (χ2v) is 4.95. The normalized spacial score (nSPS) is 11.3. The summed E-state index contributed by atoms with van der Waals surface area (Å²) in [6, 6.07) is 0. The predicted octanol–water partition coefficient (Wildman–Crippen LogP) is 4.82. The van der Waals surface area contributed by atoms with Crippen molar-refractivity contribution in [3.05, 3.63) is 0 Å². The smallest absolute Gasteiger partial charge is 0.403 e. The van der Waals surface area contributed by atoms with E-state index in [2.05, 4.69) is 23.3 Å². The van der Waals surface area contributed by atoms with E-state index in [-0.39, 0.29) is 0 Å². The Morgan fingerprint density at radius 1 is 1.06 bits per heavy atom. The monoisotopic (exact) mass is 300 g/mol. The first kappa shape index (κ1) is 19.9. The number of carbonyl (C=O) groups is 2. The second-order valence-electron chi connectivity index (χ2n) is 4.33. The molecule has 0 aromatic heterocycles. The number of ether oxygens (including phenoxy) is 2. The lowest BCUT2D eigenvalue weighted by atomic mass is 10.1. The maximum absolute atomic E-state index is 10.0. The van der Waals surface area contributed by atoms with E-state index in [0.717, 1.165) is 12.8 Å². The molecule has 0 saturated carbocycles. The zero-order chi connectivity index (χ0) is 14.6. The van der Waals surface area contributed by atoms with Gasteiger partial charge in [-0.25, -0.2) is 9.59 Å². The van der Waals surface area contributed by atoms with Gasteiger partial charge in [0.05, 0.1) is 13.2 Å². The molecule has 0 aliphatic rings. The highest BCUT2D eigenvalue weighted by Gasteiger charge is 2.00. The van der Waals surface area contributed by atoms with Gasteiger partial charge in [-0.3, -0.25) is 0 Å². The van der Waals surface area contributed by atoms with E-state index in [4.69, 9.17) is 23.2 Å². The SMILES string of the molecule is CC(C)CCOC(=O)Cl.CCC(C)COC(=O)Cl. The van der Waals surface area contributed by atoms with Gasteiger partial charge in [-0.15, -0.1) is 0 Å². The van der Waals surface area contributed by atoms with Crippen molar-refractivity contribution in [1.29, 1.82) is 0 Å². The van der Waals surface area contributed by atoms with Gasteiger partial charge in [0.25, 0.3) is 0 Å². The van der Waals surface area contributed by atoms with Crippen molar-refractivity contribution in [2.75, 3.05) is 13.2 Å². The molecule has 0 heterocycles. The largest absolute Gasteiger partial charge is 0.454 e. The van der Waals surface area contributed by atoms with E-state index >= 15 is 0 Å². The fourth-order valence-corrected chi connectivity index (χ4v) is 0.841. The Kier molecular flexibility index (Phi) is 14.3. The predicted molar refractivity (Wildman–Crippen MR) is 73.3 cm³/mol. The summed E-state index contributed by atoms with van der Waals surface area (Å²) in [7, 11) is 0. The van der Waals surface area contributed by atoms with Crippen LogP contribution in [-0.4, -0.2) is 24.1 Å². The first-order chi connectivity index (χ1) is 8.29. The van der Waals surface area contributed by atoms with Crippen LogP contribution in [0.3, 0.4) is 0 Å². The fraction of sp³-hybridized carbons (Fsp3) is 0.833. The van der Waals surface area contributed by atoms with Crippen LogP contribution >= 0.6 is 23.2 Å². The van der Waals surface area contributed by atoms with Crippen molar-refractivity contribution in [1.82, 2.24) is 0 Å². The van der Waals surface area contributed by atoms with Crippen LogP contribution in [0, 0.1) is 11.8 Å². The highest BCUT2D eigenvalue weighted by molar-refractivity contribution is 6.61. The third kappa shape index (κ3) is 20.9. The fourth-order valence-electron chi connectivity index (χ4n) is 0.700. The Labute approximate surface area is 119 Å². The van der Waals surface area contributed by atoms with Gasteiger partial charge < -0.3 is 9.47 Å². The Morgan fingerprint density at radius 2 is 1.56 bits per heavy atom. The van der Waals surface area contributed by atoms with E-state index in [1.165, 1.54) is 0 Å². The molecule has 0 amide bonds. The molecule has 0 N–H and O–H groups in total. The van der Waals surface area contributed by atoms with Gasteiger partial charge in [-0.05, 0) is 18.3 Å². The van der Waals surface area contributed by atoms with Crippen molar-refractivity contribution in [3.63, 3.8) is 0 Å². The number of halogens is 2. The molecular formula is C12H22Cl2O4. The van der Waals surface area contributed by atoms with Crippen LogP contribution in [0.25, 0.3) is 0 Å². The maximum atomic E-state index is 10.0. The molecule has 0 spiro atoms. The van der Waals surface area contributed by atoms with Crippen LogP contribution in [0.1, 0.15) is 40.5 Å². The van der Waals surface area contributed by atoms with Gasteiger partial charge in [-0.1, -0.05) is 34.1 Å². The molecule has 0 aliphatic carbocycles. The summed E-state index contributed by atoms with van der Waals surface area (Å²) in [5, 5.41) is 0. The molecule has 0 aliphatic heterocycles. The third-order valence-electron chi connectivity index (χ3n) is 2.09. The number of hydrogen-bond donors (Lipinski definition) is 0. The Hall–Kier alpha value is -0.480. The molecule has 1 unspecified atom stereocenters. The molecule has 108 valence electrons. The minimum atomic E-state index is -0.713. The average molecular weight is 301 g/mol. The molecule has 0 saturated heterocycles. The Bertz CT molecular complexity index is 232. The lowest BCUT2D eigenvalue weighted by Crippen LogP contribution is -2.05. The molecule has 0 radical (unpaired) electrons. The van der Waals surface area contributed by atoms with Crippen LogP contribution in [0.2, 0.25) is 0 Å². The quantitative estimate of drug-likeness (QED) is 0.660. The highest BCUT2D eigenvalue weighted by atomic mass is 35.5. The minimum Gasteiger partial charge on any atom is -0.454 e. The van der Waals surface area contributed by atoms with Crippen molar-refractivity contribution in [3.8, 4) is 0 Å². The first-order valence-electron chi connectivity index (χ1n) is 5.94. The van der Waals surface area contributed by atoms with Gasteiger partial charge >= 0.3 is 10.9 Å². The summed E-state index contributed by atoms with van der Waals surface area (Å²) < 4.78 is 9.00. The second kappa shape index (κ2) is 13.0. The summed E-state index contributed by atoms with van der Waals surface area (Å²) in [6.07, 6.45) is 1.88. The first-order valence-corrected chi connectivity index (χ1v) is 6.69. The molecule has 0 bridgehead atoms. The van der Waals surface area contributed by atoms with Gasteiger partial charge in [0.1, 0.15) is 0 Å². The van der Waals surface area contributed by atoms with E-state index in [1.807, 2.05) is 13.8 Å². The molecular weight excluding hydrogens is 279 g/mol. The zero-order valence-corrected chi connectivity index (χ0v) is 12.9. The third-order valence-corrected chi connectivity index (χ3v) is 2.31. The van der Waals surface area contributed by atoms with E-state index in [9.17, 15) is 9.59 Å². The van der Waals surface area contributed by atoms with E-state index < -0.39 is 10.9 Å². The van der Waals surface area contributed by atoms with Crippen molar-refractivity contribution in [2.24, 2.45) is 11.8 Å². The molecule has 6 heteroatoms. The van der Waals surface area contributed by atoms with Gasteiger partial charge in [0, 0.05) is 23.2 Å². The topological polar surface area (TPSA) is 52.6 Å². The average Bonchev–Trinajstić information content (AvgIpc) is 2.25. The van der Waals surface area contributed by atoms with Crippen molar-refractivity contribution in [2.45, 2.75) is 40.5 Å². The van der Waals surface area contributed by atoms with Gasteiger partial charge in [-0.2, -0.15) is 0 Å². The standard InChI is InChI=1S/2C6H11ClO2/c1-5(2)3-4-9-6(7)8;1-3-5(2)4-9-6(7)8/h2*5H,3-4H2,1-2H3. The lowest BCUT2D eigenvalue weighted by molar-refractivity contribution is 0.154. The summed E-state index contributed by atoms with van der Waals surface area (Å²) in [6.45, 7) is 9.01. The lowest BCUT2D eigenvalue weighted by Gasteiger charge is -2.05. The Balaban J connectivity index is 0. The number of carbonyl (C=O) groups excluding carboxylic acids is 2. The molecule has 0 aromatic rings. The van der Waals surface area contributed by atoms with Gasteiger partial charge in [0.15, 0.2) is 0 Å². The van der Waals surface area contributed by atoms with Crippen molar-refractivity contribution < 1.29 is 19.1 Å². The zero-order valence-electron chi connectivity index (χ0n) is 11.4. The van der Waals surface area contributed by atoms with E-state index in [0.29, 0.717) is 25.0 Å².